The summed E-state index contributed by atoms with van der Waals surface area (Å²) in [7, 11) is 0. The third kappa shape index (κ3) is 3.90. The fourth-order valence-electron chi connectivity index (χ4n) is 5.45. The second kappa shape index (κ2) is 8.16. The van der Waals surface area contributed by atoms with E-state index < -0.39 is 34.1 Å². The number of halogens is 5. The predicted molar refractivity (Wildman–Crippen MR) is 121 cm³/mol. The number of carbonyl (C=O) groups is 1. The van der Waals surface area contributed by atoms with Crippen LogP contribution in [0.3, 0.4) is 0 Å². The first-order chi connectivity index (χ1) is 16.6. The zero-order valence-electron chi connectivity index (χ0n) is 18.6. The molecule has 2 aromatic rings. The number of aliphatic imine (C=N–C) groups is 1. The molecule has 35 heavy (non-hydrogen) atoms. The summed E-state index contributed by atoms with van der Waals surface area (Å²) in [5.41, 5.74) is 4.99. The summed E-state index contributed by atoms with van der Waals surface area (Å²) in [5, 5.41) is 4.13. The van der Waals surface area contributed by atoms with Crippen molar-refractivity contribution in [1.82, 2.24) is 14.1 Å². The van der Waals surface area contributed by atoms with Gasteiger partial charge in [0.1, 0.15) is 11.6 Å². The van der Waals surface area contributed by atoms with Crippen LogP contribution in [0.15, 0.2) is 46.6 Å². The largest absolute Gasteiger partial charge is 0.418 e. The number of likely N-dealkylation sites (tertiary alicyclic amines) is 1. The molecule has 2 N–H and O–H groups in total. The molecule has 1 aromatic heterocycles. The van der Waals surface area contributed by atoms with Gasteiger partial charge in [0.2, 0.25) is 12.2 Å². The Kier molecular flexibility index (Phi) is 5.48. The molecule has 2 aliphatic heterocycles. The normalized spacial score (nSPS) is 28.7. The van der Waals surface area contributed by atoms with Gasteiger partial charge in [0.15, 0.2) is 5.69 Å². The quantitative estimate of drug-likeness (QED) is 0.383. The molecule has 5 rings (SSSR count). The topological polar surface area (TPSA) is 80.7 Å². The molecule has 1 aromatic carbocycles. The van der Waals surface area contributed by atoms with Crippen LogP contribution in [0.4, 0.5) is 33.5 Å². The van der Waals surface area contributed by atoms with Gasteiger partial charge in [0, 0.05) is 25.1 Å². The van der Waals surface area contributed by atoms with Gasteiger partial charge in [-0.15, -0.1) is 9.58 Å². The van der Waals surface area contributed by atoms with Crippen LogP contribution in [0.2, 0.25) is 0 Å². The van der Waals surface area contributed by atoms with Crippen molar-refractivity contribution in [1.29, 1.82) is 0 Å². The lowest BCUT2D eigenvalue weighted by atomic mass is 9.97. The Morgan fingerprint density at radius 2 is 1.71 bits per heavy atom. The van der Waals surface area contributed by atoms with Crippen molar-refractivity contribution in [2.75, 3.05) is 13.1 Å². The number of rotatable bonds is 5. The molecular weight excluding hydrogens is 471 g/mol. The van der Waals surface area contributed by atoms with Gasteiger partial charge in [-0.1, -0.05) is 12.1 Å². The van der Waals surface area contributed by atoms with Crippen molar-refractivity contribution in [3.63, 3.8) is 0 Å². The average Bonchev–Trinajstić information content (AvgIpc) is 3.61. The summed E-state index contributed by atoms with van der Waals surface area (Å²) in [6.45, 7) is 0.739. The van der Waals surface area contributed by atoms with Gasteiger partial charge in [0.25, 0.3) is 11.7 Å². The van der Waals surface area contributed by atoms with Crippen molar-refractivity contribution in [3.8, 4) is 0 Å². The maximum atomic E-state index is 15.0. The molecule has 1 atom stereocenters. The van der Waals surface area contributed by atoms with E-state index in [0.29, 0.717) is 43.9 Å². The van der Waals surface area contributed by atoms with Crippen molar-refractivity contribution >= 4 is 29.8 Å². The fraction of sp³-hybridized carbons (Fsp3) is 0.391. The third-order valence-electron chi connectivity index (χ3n) is 7.24. The first kappa shape index (κ1) is 23.5. The maximum absolute atomic E-state index is 15.0. The number of primary amides is 1. The number of pyridine rings is 1. The van der Waals surface area contributed by atoms with E-state index in [9.17, 15) is 22.4 Å². The number of carbonyl (C=O) groups excluding carboxylic acids is 1. The standard InChI is InChI=1S/C23H22F5N6O/c24-18-11-14(23(26,27)28)12-30-21(18)33(15-5-6-15)9-7-16(8-10-33)34(13-31-22(25)32-34)19-4-2-1-3-17(19)20(29)35/h1-4,11-13,15-16H,5-10H2,(H-,29,35)/q+1/p+1. The van der Waals surface area contributed by atoms with E-state index in [0.717, 1.165) is 12.8 Å². The maximum Gasteiger partial charge on any atom is 0.418 e. The molecule has 1 amide bonds. The number of para-hydroxylation sites is 1. The molecule has 1 unspecified atom stereocenters. The highest BCUT2D eigenvalue weighted by Gasteiger charge is 2.56. The predicted octanol–water partition coefficient (Wildman–Crippen LogP) is 4.26. The highest BCUT2D eigenvalue weighted by Crippen LogP contribution is 2.45. The molecule has 184 valence electrons. The molecule has 3 aliphatic rings. The van der Waals surface area contributed by atoms with Gasteiger partial charge in [-0.3, -0.25) is 9.28 Å². The summed E-state index contributed by atoms with van der Waals surface area (Å²) in [6, 6.07) is 6.71. The Bertz CT molecular complexity index is 1230. The summed E-state index contributed by atoms with van der Waals surface area (Å²) in [4.78, 5) is 19.8. The lowest BCUT2D eigenvalue weighted by Crippen LogP contribution is -2.63. The molecule has 12 heteroatoms. The summed E-state index contributed by atoms with van der Waals surface area (Å²) in [6.07, 6.45) is -1.17. The molecule has 0 radical (unpaired) electrons. The average molecular weight is 494 g/mol. The van der Waals surface area contributed by atoms with Crippen LogP contribution < -0.4 is 14.8 Å². The molecule has 0 bridgehead atoms. The highest BCUT2D eigenvalue weighted by molar-refractivity contribution is 6.02. The van der Waals surface area contributed by atoms with Crippen LogP contribution in [0, 0.1) is 5.82 Å². The number of quaternary nitrogens is 2. The zero-order valence-corrected chi connectivity index (χ0v) is 18.6. The first-order valence-electron chi connectivity index (χ1n) is 11.3. The first-order valence-corrected chi connectivity index (χ1v) is 11.3. The number of hydrogen-bond acceptors (Lipinski definition) is 4. The van der Waals surface area contributed by atoms with Crippen LogP contribution in [-0.2, 0) is 6.18 Å². The number of nitrogens with zero attached hydrogens (tertiary/aromatic N) is 5. The van der Waals surface area contributed by atoms with Crippen molar-refractivity contribution < 1.29 is 26.7 Å². The number of piperidine rings is 1. The number of aromatic nitrogens is 1. The third-order valence-corrected chi connectivity index (χ3v) is 7.24. The Labute approximate surface area is 197 Å². The molecule has 0 spiro atoms. The van der Waals surface area contributed by atoms with Gasteiger partial charge in [-0.25, -0.2) is 4.98 Å². The van der Waals surface area contributed by atoms with Gasteiger partial charge in [0.05, 0.1) is 37.5 Å². The van der Waals surface area contributed by atoms with Gasteiger partial charge in [-0.2, -0.15) is 22.0 Å². The molecule has 7 nitrogen and oxygen atoms in total. The Morgan fingerprint density at radius 3 is 2.26 bits per heavy atom. The Morgan fingerprint density at radius 1 is 1.03 bits per heavy atom. The van der Waals surface area contributed by atoms with Crippen LogP contribution in [0.1, 0.15) is 41.6 Å². The van der Waals surface area contributed by atoms with E-state index in [1.807, 2.05) is 0 Å². The smallest absolute Gasteiger partial charge is 0.365 e. The monoisotopic (exact) mass is 494 g/mol. The molecular formula is C23H23F5N6O+2. The molecule has 1 saturated carbocycles. The van der Waals surface area contributed by atoms with Crippen molar-refractivity contribution in [2.45, 2.75) is 43.9 Å². The van der Waals surface area contributed by atoms with E-state index in [-0.39, 0.29) is 27.9 Å². The van der Waals surface area contributed by atoms with E-state index in [4.69, 9.17) is 5.73 Å². The van der Waals surface area contributed by atoms with Gasteiger partial charge >= 0.3 is 12.3 Å². The van der Waals surface area contributed by atoms with Crippen LogP contribution in [0.25, 0.3) is 0 Å². The highest BCUT2D eigenvalue weighted by atomic mass is 19.4. The van der Waals surface area contributed by atoms with E-state index in [1.54, 1.807) is 18.2 Å². The van der Waals surface area contributed by atoms with Gasteiger partial charge in [-0.05, 0) is 17.2 Å². The fourth-order valence-corrected chi connectivity index (χ4v) is 5.45. The number of nitrogens with two attached hydrogens (primary N) is 1. The van der Waals surface area contributed by atoms with Crippen LogP contribution in [-0.4, -0.2) is 48.5 Å². The molecule has 2 fully saturated rings. The minimum atomic E-state index is -4.69. The molecule has 3 heterocycles. The number of amides is 1. The van der Waals surface area contributed by atoms with E-state index in [1.165, 1.54) is 12.4 Å². The lowest BCUT2D eigenvalue weighted by Gasteiger charge is -2.45. The van der Waals surface area contributed by atoms with Crippen LogP contribution >= 0.6 is 0 Å². The van der Waals surface area contributed by atoms with E-state index >= 15 is 4.39 Å². The van der Waals surface area contributed by atoms with E-state index in [2.05, 4.69) is 15.1 Å². The number of amidine groups is 1. The van der Waals surface area contributed by atoms with Crippen molar-refractivity contribution in [3.05, 3.63) is 53.5 Å². The summed E-state index contributed by atoms with van der Waals surface area (Å²) < 4.78 is 68.1. The number of hydrogen-bond donors (Lipinski definition) is 1. The minimum Gasteiger partial charge on any atom is -0.365 e. The zero-order chi connectivity index (χ0) is 25.0. The second-order valence-corrected chi connectivity index (χ2v) is 9.20. The molecule has 1 aliphatic carbocycles. The summed E-state index contributed by atoms with van der Waals surface area (Å²) >= 11 is 0. The molecule has 1 saturated heterocycles. The number of benzene rings is 1. The van der Waals surface area contributed by atoms with Crippen molar-refractivity contribution in [2.24, 2.45) is 15.8 Å². The second-order valence-electron chi connectivity index (χ2n) is 9.20. The SMILES string of the molecule is NC(=O)c1ccccc1[N+]1(C2CC[N+](c3ncc(C(F)(F)F)cc3F)(C3CC3)CC2)C=NC(F)=N1. The van der Waals surface area contributed by atoms with Gasteiger partial charge < -0.3 is 5.73 Å². The summed E-state index contributed by atoms with van der Waals surface area (Å²) in [5.74, 6) is -1.68. The number of alkyl halides is 3. The lowest BCUT2D eigenvalue weighted by molar-refractivity contribution is -0.138. The minimum absolute atomic E-state index is 0.00666. The Hall–Kier alpha value is -3.25. The Balaban J connectivity index is 1.50. The van der Waals surface area contributed by atoms with Crippen LogP contribution in [0.5, 0.6) is 0 Å².